The van der Waals surface area contributed by atoms with Gasteiger partial charge in [-0.2, -0.15) is 5.10 Å². The molecule has 13 heteroatoms. The average molecular weight is 704 g/mol. The highest BCUT2D eigenvalue weighted by atomic mass is 35.5. The van der Waals surface area contributed by atoms with Crippen molar-refractivity contribution in [3.05, 3.63) is 77.5 Å². The van der Waals surface area contributed by atoms with Crippen molar-refractivity contribution in [3.8, 4) is 28.7 Å². The Kier molecular flexibility index (Phi) is 10.2. The molecule has 0 bridgehead atoms. The van der Waals surface area contributed by atoms with E-state index in [4.69, 9.17) is 25.7 Å². The molecule has 6 rings (SSSR count). The number of carbonyl (C=O) groups excluding carboxylic acids is 1. The molecule has 1 aliphatic rings. The van der Waals surface area contributed by atoms with E-state index in [0.717, 1.165) is 24.8 Å². The van der Waals surface area contributed by atoms with Gasteiger partial charge in [-0.1, -0.05) is 44.5 Å². The van der Waals surface area contributed by atoms with Crippen molar-refractivity contribution in [2.24, 2.45) is 0 Å². The first-order valence-corrected chi connectivity index (χ1v) is 20.1. The van der Waals surface area contributed by atoms with Crippen molar-refractivity contribution < 1.29 is 18.3 Å². The molecule has 3 aromatic heterocycles. The topological polar surface area (TPSA) is 120 Å². The van der Waals surface area contributed by atoms with Gasteiger partial charge >= 0.3 is 0 Å². The molecular weight excluding hydrogens is 661 g/mol. The maximum absolute atomic E-state index is 15.2. The van der Waals surface area contributed by atoms with Gasteiger partial charge in [0, 0.05) is 30.1 Å². The van der Waals surface area contributed by atoms with E-state index in [1.165, 1.54) is 12.4 Å². The number of carbonyl (C=O) groups is 1. The lowest BCUT2D eigenvalue weighted by Crippen LogP contribution is -2.41. The van der Waals surface area contributed by atoms with Crippen LogP contribution in [-0.4, -0.2) is 63.2 Å². The van der Waals surface area contributed by atoms with E-state index in [1.807, 2.05) is 6.07 Å². The molecule has 2 N–H and O–H groups in total. The average Bonchev–Trinajstić information content (AvgIpc) is 3.73. The number of benzene rings is 2. The van der Waals surface area contributed by atoms with Crippen molar-refractivity contribution in [2.45, 2.75) is 83.1 Å². The molecule has 2 aromatic carbocycles. The van der Waals surface area contributed by atoms with E-state index < -0.39 is 8.32 Å². The van der Waals surface area contributed by atoms with E-state index in [9.17, 15) is 4.79 Å². The molecule has 49 heavy (non-hydrogen) atoms. The number of nitrogens with zero attached hydrogens (tertiary/aromatic N) is 5. The number of amides is 1. The SMILES string of the molecule is CC(C)(C)[Si](C)(C)OCCCOc1ccc(Cl)cc1C(=O)N[C@H]1CCC[C@@H](n2c(-c3ccccc3F)nc3cnc(-c4ncn[nH]4)cc32)C1. The summed E-state index contributed by atoms with van der Waals surface area (Å²) in [7, 11) is -1.85. The summed E-state index contributed by atoms with van der Waals surface area (Å²) < 4.78 is 29.7. The van der Waals surface area contributed by atoms with E-state index in [1.54, 1.807) is 42.6 Å². The molecule has 0 spiro atoms. The molecule has 0 saturated heterocycles. The number of imidazole rings is 1. The zero-order valence-electron chi connectivity index (χ0n) is 28.6. The summed E-state index contributed by atoms with van der Waals surface area (Å²) in [6.45, 7) is 12.1. The first-order chi connectivity index (χ1) is 23.4. The molecule has 10 nitrogen and oxygen atoms in total. The van der Waals surface area contributed by atoms with Gasteiger partial charge in [-0.15, -0.1) is 0 Å². The largest absolute Gasteiger partial charge is 0.493 e. The normalized spacial score (nSPS) is 17.0. The number of rotatable bonds is 11. The fraction of sp³-hybridized carbons (Fsp3) is 0.417. The Morgan fingerprint density at radius 3 is 2.69 bits per heavy atom. The van der Waals surface area contributed by atoms with Gasteiger partial charge in [-0.05, 0) is 80.2 Å². The third-order valence-electron chi connectivity index (χ3n) is 9.70. The minimum atomic E-state index is -1.85. The van der Waals surface area contributed by atoms with Crippen LogP contribution in [0.5, 0.6) is 5.75 Å². The Morgan fingerprint density at radius 2 is 1.94 bits per heavy atom. The molecule has 2 atom stereocenters. The van der Waals surface area contributed by atoms with Gasteiger partial charge in [-0.25, -0.2) is 14.4 Å². The van der Waals surface area contributed by atoms with Crippen LogP contribution < -0.4 is 10.1 Å². The highest BCUT2D eigenvalue weighted by molar-refractivity contribution is 6.74. The van der Waals surface area contributed by atoms with E-state index in [0.29, 0.717) is 70.8 Å². The molecule has 3 heterocycles. The first-order valence-electron chi connectivity index (χ1n) is 16.8. The number of hydrogen-bond donors (Lipinski definition) is 2. The van der Waals surface area contributed by atoms with Gasteiger partial charge in [0.15, 0.2) is 14.1 Å². The third kappa shape index (κ3) is 7.71. The predicted octanol–water partition coefficient (Wildman–Crippen LogP) is 8.38. The predicted molar refractivity (Wildman–Crippen MR) is 192 cm³/mol. The standard InChI is InChI=1S/C36H43ClFN7O3Si/c1-36(2,3)49(4,5)48-17-9-16-47-32-15-14-23(37)18-27(32)35(46)42-24-10-8-11-25(19-24)45-31-20-29(33-40-22-41-44-33)39-21-30(31)43-34(45)26-12-6-7-13-28(26)38/h6-7,12-15,18,20-22,24-25H,8-11,16-17,19H2,1-5H3,(H,42,46)(H,40,41,44)/t24-,25+/m0/s1. The second-order valence-electron chi connectivity index (χ2n) is 14.1. The number of ether oxygens (including phenoxy) is 1. The van der Waals surface area contributed by atoms with Crippen molar-refractivity contribution in [1.29, 1.82) is 0 Å². The highest BCUT2D eigenvalue weighted by Crippen LogP contribution is 2.38. The molecule has 1 fully saturated rings. The van der Waals surface area contributed by atoms with Gasteiger partial charge < -0.3 is 19.0 Å². The smallest absolute Gasteiger partial charge is 0.255 e. The van der Waals surface area contributed by atoms with Crippen LogP contribution >= 0.6 is 11.6 Å². The van der Waals surface area contributed by atoms with E-state index >= 15 is 4.39 Å². The van der Waals surface area contributed by atoms with Crippen LogP contribution in [-0.2, 0) is 4.43 Å². The van der Waals surface area contributed by atoms with Gasteiger partial charge in [-0.3, -0.25) is 14.9 Å². The lowest BCUT2D eigenvalue weighted by atomic mass is 9.90. The van der Waals surface area contributed by atoms with Crippen molar-refractivity contribution in [1.82, 2.24) is 35.0 Å². The third-order valence-corrected chi connectivity index (χ3v) is 14.5. The van der Waals surface area contributed by atoms with Gasteiger partial charge in [0.2, 0.25) is 0 Å². The number of aromatic nitrogens is 6. The molecule has 1 saturated carbocycles. The minimum Gasteiger partial charge on any atom is -0.493 e. The Labute approximate surface area is 292 Å². The van der Waals surface area contributed by atoms with Gasteiger partial charge in [0.1, 0.15) is 34.9 Å². The van der Waals surface area contributed by atoms with Crippen molar-refractivity contribution >= 4 is 36.9 Å². The summed E-state index contributed by atoms with van der Waals surface area (Å²) in [5, 5.41) is 10.7. The number of H-pyrrole nitrogens is 1. The summed E-state index contributed by atoms with van der Waals surface area (Å²) in [4.78, 5) is 27.4. The Morgan fingerprint density at radius 1 is 1.12 bits per heavy atom. The number of nitrogens with one attached hydrogen (secondary N) is 2. The van der Waals surface area contributed by atoms with Gasteiger partial charge in [0.25, 0.3) is 5.91 Å². The second kappa shape index (κ2) is 14.4. The maximum atomic E-state index is 15.2. The van der Waals surface area contributed by atoms with Crippen molar-refractivity contribution in [3.63, 3.8) is 0 Å². The van der Waals surface area contributed by atoms with E-state index in [-0.39, 0.29) is 28.8 Å². The molecule has 258 valence electrons. The van der Waals surface area contributed by atoms with Crippen LogP contribution in [0.3, 0.4) is 0 Å². The minimum absolute atomic E-state index is 0.0698. The van der Waals surface area contributed by atoms with Crippen LogP contribution in [0.4, 0.5) is 4.39 Å². The van der Waals surface area contributed by atoms with Crippen LogP contribution in [0.15, 0.2) is 61.1 Å². The molecule has 1 aliphatic carbocycles. The number of hydrogen-bond acceptors (Lipinski definition) is 7. The fourth-order valence-electron chi connectivity index (χ4n) is 6.04. The maximum Gasteiger partial charge on any atom is 0.255 e. The van der Waals surface area contributed by atoms with Crippen molar-refractivity contribution in [2.75, 3.05) is 13.2 Å². The molecule has 0 radical (unpaired) electrons. The number of aromatic amines is 1. The second-order valence-corrected chi connectivity index (χ2v) is 19.4. The summed E-state index contributed by atoms with van der Waals surface area (Å²) in [5.41, 5.74) is 2.85. The summed E-state index contributed by atoms with van der Waals surface area (Å²) in [6, 6.07) is 13.5. The summed E-state index contributed by atoms with van der Waals surface area (Å²) in [6.07, 6.45) is 6.93. The molecule has 0 unspecified atom stereocenters. The number of fused-ring (bicyclic) bond motifs is 1. The summed E-state index contributed by atoms with van der Waals surface area (Å²) >= 11 is 6.36. The monoisotopic (exact) mass is 703 g/mol. The zero-order chi connectivity index (χ0) is 34.8. The van der Waals surface area contributed by atoms with E-state index in [2.05, 4.69) is 63.9 Å². The first kappa shape index (κ1) is 34.7. The molecule has 0 aliphatic heterocycles. The van der Waals surface area contributed by atoms with Crippen LogP contribution in [0.2, 0.25) is 23.2 Å². The summed E-state index contributed by atoms with van der Waals surface area (Å²) in [5.74, 6) is 0.921. The lowest BCUT2D eigenvalue weighted by molar-refractivity contribution is 0.0916. The van der Waals surface area contributed by atoms with Crippen LogP contribution in [0.1, 0.15) is 69.3 Å². The van der Waals surface area contributed by atoms with Crippen LogP contribution in [0, 0.1) is 5.82 Å². The Balaban J connectivity index is 1.21. The van der Waals surface area contributed by atoms with Crippen LogP contribution in [0.25, 0.3) is 33.9 Å². The zero-order valence-corrected chi connectivity index (χ0v) is 30.4. The molecule has 5 aromatic rings. The Bertz CT molecular complexity index is 1930. The highest BCUT2D eigenvalue weighted by Gasteiger charge is 2.37. The number of pyridine rings is 1. The molecular formula is C36H43ClFN7O3Si. The number of halogens is 2. The Hall–Kier alpha value is -4.13. The van der Waals surface area contributed by atoms with Gasteiger partial charge in [0.05, 0.1) is 29.4 Å². The molecule has 1 amide bonds. The quantitative estimate of drug-likeness (QED) is 0.105. The lowest BCUT2D eigenvalue weighted by Gasteiger charge is -2.36. The fourth-order valence-corrected chi connectivity index (χ4v) is 7.30.